The average Bonchev–Trinajstić information content (AvgIpc) is 1.60. The van der Waals surface area contributed by atoms with E-state index in [4.69, 9.17) is 34.5 Å². The summed E-state index contributed by atoms with van der Waals surface area (Å²) >= 11 is 6.13. The summed E-state index contributed by atoms with van der Waals surface area (Å²) in [4.78, 5) is 102. The van der Waals surface area contributed by atoms with Crippen LogP contribution >= 0.6 is 11.6 Å². The molecule has 660 valence electrons. The SMILES string of the molecule is CC1(C)C(=O)Nc2nc(-c3nc(Cc4c(F)ccc(F)c4F)n4cc(Cl)ccc34)nc(N)c21.CC1(C)C(=O)Nc2nc(-c3nc(Cc4c(F)ccc(F)c4F)n4cc(F)ccc34)nc(N)c21.CC1(C)C(=O)Nc2nc(-c3nc(Cc4c(F)ccc(F)c4F)n4ncccc34)nc(N)c21.CC1(C)C(=O)Nc2nc(-c3nc(Cc4cccc(F)c4F)n4cc(F)ccc34)nc(N)c21. The number of amides is 4. The van der Waals surface area contributed by atoms with Crippen molar-refractivity contribution in [1.29, 1.82) is 0 Å². The van der Waals surface area contributed by atoms with E-state index in [0.29, 0.717) is 55.4 Å². The number of nitrogens with zero attached hydrogens (tertiary/aromatic N) is 17. The van der Waals surface area contributed by atoms with E-state index < -0.39 is 120 Å². The molecule has 12 N–H and O–H groups in total. The summed E-state index contributed by atoms with van der Waals surface area (Å²) in [6, 6.07) is 20.3. The summed E-state index contributed by atoms with van der Waals surface area (Å²) in [6.07, 6.45) is 3.97. The monoisotopic (exact) mass is 1810 g/mol. The normalized spacial score (nSPS) is 14.6. The number of hydrogen-bond donors (Lipinski definition) is 8. The predicted molar refractivity (Wildman–Crippen MR) is 448 cm³/mol. The quantitative estimate of drug-likeness (QED) is 0.0416. The van der Waals surface area contributed by atoms with E-state index >= 15 is 0 Å². The second-order valence-corrected chi connectivity index (χ2v) is 32.9. The molecule has 0 spiro atoms. The predicted octanol–water partition coefficient (Wildman–Crippen LogP) is 14.6. The van der Waals surface area contributed by atoms with Crippen LogP contribution in [0.3, 0.4) is 0 Å². The molecule has 0 atom stereocenters. The highest BCUT2D eigenvalue weighted by Crippen LogP contribution is 2.46. The van der Waals surface area contributed by atoms with Crippen LogP contribution in [0.1, 0.15) is 123 Å². The first-order valence-corrected chi connectivity index (χ1v) is 39.5. The number of nitrogens with one attached hydrogen (secondary N) is 4. The Morgan fingerprint density at radius 3 is 1.00 bits per heavy atom. The molecule has 0 unspecified atom stereocenters. The highest BCUT2D eigenvalue weighted by Gasteiger charge is 2.47. The number of halogens is 14. The van der Waals surface area contributed by atoms with Gasteiger partial charge in [-0.2, -0.15) is 5.10 Å². The number of aromatic nitrogens is 17. The van der Waals surface area contributed by atoms with Gasteiger partial charge in [-0.3, -0.25) is 28.0 Å². The van der Waals surface area contributed by atoms with Gasteiger partial charge in [0.1, 0.15) is 122 Å². The molecule has 0 fully saturated rings. The number of nitrogens with two attached hydrogens (primary N) is 4. The van der Waals surface area contributed by atoms with Gasteiger partial charge >= 0.3 is 0 Å². The van der Waals surface area contributed by atoms with Crippen molar-refractivity contribution in [2.45, 2.75) is 103 Å². The van der Waals surface area contributed by atoms with Crippen LogP contribution in [0.15, 0.2) is 128 Å². The molecule has 4 aromatic carbocycles. The number of hydrogen-bond acceptors (Lipinski definition) is 21. The Bertz CT molecular complexity index is 7360. The number of pyridine rings is 3. The van der Waals surface area contributed by atoms with Crippen LogP contribution in [0.5, 0.6) is 0 Å². The van der Waals surface area contributed by atoms with Crippen molar-refractivity contribution in [3.8, 4) is 46.1 Å². The fourth-order valence-corrected chi connectivity index (χ4v) is 15.9. The fourth-order valence-electron chi connectivity index (χ4n) is 15.7. The first-order valence-electron chi connectivity index (χ1n) is 39.1. The molecule has 4 amide bonds. The molecule has 16 aromatic rings. The van der Waals surface area contributed by atoms with Gasteiger partial charge in [0, 0.05) is 67.2 Å². The lowest BCUT2D eigenvalue weighted by Crippen LogP contribution is -2.27. The molecule has 130 heavy (non-hydrogen) atoms. The van der Waals surface area contributed by atoms with Gasteiger partial charge in [-0.25, -0.2) is 121 Å². The lowest BCUT2D eigenvalue weighted by molar-refractivity contribution is -0.120. The smallest absolute Gasteiger partial charge is 0.235 e. The van der Waals surface area contributed by atoms with Crippen molar-refractivity contribution >= 4 is 104 Å². The topological polar surface area (TPSA) is 406 Å². The summed E-state index contributed by atoms with van der Waals surface area (Å²) in [5.74, 6) is -12.1. The molecule has 0 bridgehead atoms. The van der Waals surface area contributed by atoms with Crippen molar-refractivity contribution in [2.24, 2.45) is 0 Å². The molecular formula is C87H65ClF13N25O4. The van der Waals surface area contributed by atoms with Crippen molar-refractivity contribution in [2.75, 3.05) is 44.2 Å². The number of benzene rings is 4. The molecule has 4 aliphatic heterocycles. The standard InChI is InChI=1S/C22H16ClF3N6O.C22H16F4N6O.C22H17F3N6O.C21H16F3N7O/c2*1-22(2)15-18(27)29-20(30-19(15)31-21(22)33)17-13-6-3-9(23)8-32(13)14(28-17)7-10-11(24)4-5-12(25)16(10)26;1-22(2)15-18(26)28-20(29-19(15)30-21(22)32)17-13-7-6-11(23)9-31(13)14(27-17)8-10-4-3-5-12(24)16(10)25;1-21(2)14-17(25)28-19(29-18(14)30-20(21)32)16-12-4-3-7-26-31(12)13(27-16)8-9-10(22)5-6-11(23)15(9)24/h2*3-6,8H,7H2,1-2H3,(H3,27,29,30,31,33);3-7,9H,8H2,1-2H3,(H3,26,28,29,30,32);3-7H,8H2,1-2H3,(H3,25,28,29,30,32). The van der Waals surface area contributed by atoms with E-state index in [1.165, 1.54) is 72.7 Å². The number of fused-ring (bicyclic) bond motifs is 8. The van der Waals surface area contributed by atoms with Gasteiger partial charge in [0.05, 0.1) is 71.0 Å². The molecule has 29 nitrogen and oxygen atoms in total. The number of rotatable bonds is 12. The number of carbonyl (C=O) groups excluding carboxylic acids is 4. The molecule has 12 aromatic heterocycles. The summed E-state index contributed by atoms with van der Waals surface area (Å²) in [5, 5.41) is 15.3. The van der Waals surface area contributed by atoms with Crippen molar-refractivity contribution < 1.29 is 76.3 Å². The van der Waals surface area contributed by atoms with Crippen LogP contribution in [-0.2, 0) is 66.5 Å². The lowest BCUT2D eigenvalue weighted by Gasteiger charge is -2.16. The number of carbonyl (C=O) groups is 4. The van der Waals surface area contributed by atoms with Gasteiger partial charge in [-0.1, -0.05) is 23.7 Å². The van der Waals surface area contributed by atoms with E-state index in [9.17, 15) is 76.3 Å². The Morgan fingerprint density at radius 1 is 0.323 bits per heavy atom. The lowest BCUT2D eigenvalue weighted by atomic mass is 9.87. The van der Waals surface area contributed by atoms with E-state index in [1.54, 1.807) is 79.7 Å². The second kappa shape index (κ2) is 31.7. The van der Waals surface area contributed by atoms with Crippen LogP contribution in [0.2, 0.25) is 5.02 Å². The average molecular weight is 1810 g/mol. The van der Waals surface area contributed by atoms with Crippen LogP contribution in [0.25, 0.3) is 68.1 Å². The van der Waals surface area contributed by atoms with Crippen LogP contribution < -0.4 is 44.2 Å². The molecule has 0 aliphatic carbocycles. The Kier molecular flexibility index (Phi) is 21.1. The number of nitrogen functional groups attached to an aromatic ring is 4. The molecule has 20 rings (SSSR count). The summed E-state index contributed by atoms with van der Waals surface area (Å²) < 4.78 is 188. The molecule has 4 aliphatic rings. The third-order valence-electron chi connectivity index (χ3n) is 22.6. The van der Waals surface area contributed by atoms with E-state index in [-0.39, 0.29) is 164 Å². The minimum absolute atomic E-state index is 0.0231. The van der Waals surface area contributed by atoms with E-state index in [1.807, 2.05) is 0 Å². The molecule has 43 heteroatoms. The highest BCUT2D eigenvalue weighted by atomic mass is 35.5. The molecule has 16 heterocycles. The zero-order valence-electron chi connectivity index (χ0n) is 68.8. The third kappa shape index (κ3) is 14.7. The summed E-state index contributed by atoms with van der Waals surface area (Å²) in [7, 11) is 0. The van der Waals surface area contributed by atoms with Crippen LogP contribution in [0, 0.1) is 75.6 Å². The maximum absolute atomic E-state index is 14.3. The van der Waals surface area contributed by atoms with E-state index in [0.717, 1.165) is 42.6 Å². The molecule has 0 saturated carbocycles. The summed E-state index contributed by atoms with van der Waals surface area (Å²) in [5.41, 5.74) is 24.0. The van der Waals surface area contributed by atoms with E-state index in [2.05, 4.69) is 86.2 Å². The van der Waals surface area contributed by atoms with Crippen molar-refractivity contribution in [3.05, 3.63) is 276 Å². The third-order valence-corrected chi connectivity index (χ3v) is 22.8. The van der Waals surface area contributed by atoms with Crippen LogP contribution in [0.4, 0.5) is 104 Å². The largest absolute Gasteiger partial charge is 0.383 e. The fraction of sp³-hybridized carbons (Fsp3) is 0.184. The van der Waals surface area contributed by atoms with Crippen molar-refractivity contribution in [1.82, 2.24) is 82.6 Å². The molecule has 0 radical (unpaired) electrons. The van der Waals surface area contributed by atoms with Gasteiger partial charge in [0.25, 0.3) is 0 Å². The Morgan fingerprint density at radius 2 is 0.631 bits per heavy atom. The number of anilines is 8. The Labute approximate surface area is 728 Å². The Hall–Kier alpha value is -15.7. The minimum Gasteiger partial charge on any atom is -0.383 e. The van der Waals surface area contributed by atoms with Gasteiger partial charge in [-0.15, -0.1) is 0 Å². The van der Waals surface area contributed by atoms with Gasteiger partial charge in [0.2, 0.25) is 23.6 Å². The maximum Gasteiger partial charge on any atom is 0.235 e. The zero-order valence-corrected chi connectivity index (χ0v) is 69.5. The second-order valence-electron chi connectivity index (χ2n) is 32.5. The molecule has 0 saturated heterocycles. The zero-order chi connectivity index (χ0) is 92.9. The van der Waals surface area contributed by atoms with Crippen LogP contribution in [-0.4, -0.2) is 106 Å². The number of imidazole rings is 4. The van der Waals surface area contributed by atoms with Gasteiger partial charge in [-0.05, 0) is 152 Å². The maximum atomic E-state index is 14.3. The first kappa shape index (κ1) is 86.5. The Balaban J connectivity index is 0.000000121. The minimum atomic E-state index is -1.35. The molecular weight excluding hydrogens is 1740 g/mol. The van der Waals surface area contributed by atoms with Gasteiger partial charge in [0.15, 0.2) is 69.8 Å². The highest BCUT2D eigenvalue weighted by molar-refractivity contribution is 6.30. The first-order chi connectivity index (χ1) is 61.5. The summed E-state index contributed by atoms with van der Waals surface area (Å²) in [6.45, 7) is 13.6. The van der Waals surface area contributed by atoms with Gasteiger partial charge < -0.3 is 48.6 Å². The van der Waals surface area contributed by atoms with Crippen molar-refractivity contribution in [3.63, 3.8) is 0 Å².